The Labute approximate surface area is 146 Å². The summed E-state index contributed by atoms with van der Waals surface area (Å²) < 4.78 is 27.6. The van der Waals surface area contributed by atoms with Crippen molar-refractivity contribution in [1.82, 2.24) is 14.7 Å². The van der Waals surface area contributed by atoms with Crippen LogP contribution < -0.4 is 0 Å². The van der Waals surface area contributed by atoms with Crippen molar-refractivity contribution in [1.29, 1.82) is 0 Å². The van der Waals surface area contributed by atoms with Gasteiger partial charge in [0.15, 0.2) is 11.6 Å². The van der Waals surface area contributed by atoms with E-state index >= 15 is 0 Å². The van der Waals surface area contributed by atoms with Crippen LogP contribution in [0.5, 0.6) is 0 Å². The lowest BCUT2D eigenvalue weighted by Gasteiger charge is -2.43. The lowest BCUT2D eigenvalue weighted by molar-refractivity contribution is -0.144. The Morgan fingerprint density at radius 2 is 1.76 bits per heavy atom. The third-order valence-electron chi connectivity index (χ3n) is 5.43. The second-order valence-corrected chi connectivity index (χ2v) is 6.99. The molecule has 0 radical (unpaired) electrons. The van der Waals surface area contributed by atoms with Gasteiger partial charge in [0.05, 0.1) is 0 Å². The maximum Gasteiger partial charge on any atom is 0.325 e. The van der Waals surface area contributed by atoms with E-state index in [0.29, 0.717) is 19.1 Å². The van der Waals surface area contributed by atoms with Gasteiger partial charge in [-0.05, 0) is 39.0 Å². The summed E-state index contributed by atoms with van der Waals surface area (Å²) in [7, 11) is 2.12. The van der Waals surface area contributed by atoms with Gasteiger partial charge >= 0.3 is 5.97 Å². The minimum absolute atomic E-state index is 0.0970. The third-order valence-corrected chi connectivity index (χ3v) is 5.43. The van der Waals surface area contributed by atoms with Crippen molar-refractivity contribution in [2.45, 2.75) is 24.9 Å². The number of hydrogen-bond acceptors (Lipinski definition) is 4. The molecule has 2 heterocycles. The molecule has 0 bridgehead atoms. The first-order valence-electron chi connectivity index (χ1n) is 8.80. The van der Waals surface area contributed by atoms with Gasteiger partial charge in [0, 0.05) is 37.8 Å². The highest BCUT2D eigenvalue weighted by molar-refractivity contribution is 5.75. The Morgan fingerprint density at radius 1 is 1.12 bits per heavy atom. The van der Waals surface area contributed by atoms with Crippen molar-refractivity contribution in [2.75, 3.05) is 46.3 Å². The minimum Gasteiger partial charge on any atom is -0.480 e. The van der Waals surface area contributed by atoms with Crippen LogP contribution in [-0.4, -0.2) is 78.1 Å². The SMILES string of the molecule is CN1CCC(N2CCN(C(C(=O)O)c3cccc(F)c3F)CC2)CC1. The fourth-order valence-corrected chi connectivity index (χ4v) is 3.94. The molecule has 2 aliphatic rings. The molecule has 0 spiro atoms. The number of carboxylic acids is 1. The average molecular weight is 353 g/mol. The molecule has 7 heteroatoms. The molecule has 1 N–H and O–H groups in total. The van der Waals surface area contributed by atoms with E-state index in [1.54, 1.807) is 4.90 Å². The third kappa shape index (κ3) is 3.99. The van der Waals surface area contributed by atoms with E-state index in [1.165, 1.54) is 12.1 Å². The second-order valence-electron chi connectivity index (χ2n) is 6.99. The summed E-state index contributed by atoms with van der Waals surface area (Å²) in [6, 6.07) is 3.12. The average Bonchev–Trinajstić information content (AvgIpc) is 2.60. The number of piperazine rings is 1. The highest BCUT2D eigenvalue weighted by Crippen LogP contribution is 2.27. The van der Waals surface area contributed by atoms with Gasteiger partial charge in [-0.15, -0.1) is 0 Å². The number of nitrogens with zero attached hydrogens (tertiary/aromatic N) is 3. The van der Waals surface area contributed by atoms with Crippen LogP contribution in [0.4, 0.5) is 8.78 Å². The zero-order valence-electron chi connectivity index (χ0n) is 14.5. The standard InChI is InChI=1S/C18H25F2N3O2/c1-21-7-5-13(6-8-21)22-9-11-23(12-10-22)17(18(24)25)14-3-2-4-15(19)16(14)20/h2-4,13,17H,5-12H2,1H3,(H,24,25). The Kier molecular flexibility index (Phi) is 5.66. The summed E-state index contributed by atoms with van der Waals surface area (Å²) in [6.07, 6.45) is 2.24. The number of likely N-dealkylation sites (tertiary alicyclic amines) is 1. The van der Waals surface area contributed by atoms with E-state index < -0.39 is 23.6 Å². The monoisotopic (exact) mass is 353 g/mol. The number of aliphatic carboxylic acids is 1. The fraction of sp³-hybridized carbons (Fsp3) is 0.611. The summed E-state index contributed by atoms with van der Waals surface area (Å²) in [5.74, 6) is -3.21. The first kappa shape index (κ1) is 18.2. The van der Waals surface area contributed by atoms with Gasteiger partial charge in [-0.2, -0.15) is 0 Å². The largest absolute Gasteiger partial charge is 0.480 e. The van der Waals surface area contributed by atoms with Crippen LogP contribution in [0.2, 0.25) is 0 Å². The van der Waals surface area contributed by atoms with E-state index in [2.05, 4.69) is 16.8 Å². The number of halogens is 2. The topological polar surface area (TPSA) is 47.0 Å². The lowest BCUT2D eigenvalue weighted by Crippen LogP contribution is -2.54. The van der Waals surface area contributed by atoms with Crippen LogP contribution in [0, 0.1) is 11.6 Å². The molecule has 2 fully saturated rings. The molecule has 1 atom stereocenters. The van der Waals surface area contributed by atoms with Gasteiger partial charge in [-0.25, -0.2) is 8.78 Å². The van der Waals surface area contributed by atoms with Crippen LogP contribution >= 0.6 is 0 Å². The van der Waals surface area contributed by atoms with Gasteiger partial charge in [-0.3, -0.25) is 14.6 Å². The van der Waals surface area contributed by atoms with E-state index in [0.717, 1.165) is 45.1 Å². The zero-order chi connectivity index (χ0) is 18.0. The number of hydrogen-bond donors (Lipinski definition) is 1. The number of carbonyl (C=O) groups is 1. The van der Waals surface area contributed by atoms with Gasteiger partial charge in [0.2, 0.25) is 0 Å². The second kappa shape index (κ2) is 7.76. The zero-order valence-corrected chi connectivity index (χ0v) is 14.5. The summed E-state index contributed by atoms with van der Waals surface area (Å²) in [4.78, 5) is 18.2. The molecule has 0 aromatic heterocycles. The van der Waals surface area contributed by atoms with Crippen LogP contribution in [0.3, 0.4) is 0 Å². The molecule has 25 heavy (non-hydrogen) atoms. The van der Waals surface area contributed by atoms with Crippen molar-refractivity contribution in [2.24, 2.45) is 0 Å². The van der Waals surface area contributed by atoms with Crippen LogP contribution in [0.15, 0.2) is 18.2 Å². The van der Waals surface area contributed by atoms with Crippen molar-refractivity contribution in [3.63, 3.8) is 0 Å². The molecule has 2 saturated heterocycles. The Morgan fingerprint density at radius 3 is 2.36 bits per heavy atom. The lowest BCUT2D eigenvalue weighted by atomic mass is 10.0. The molecular weight excluding hydrogens is 328 g/mol. The summed E-state index contributed by atoms with van der Waals surface area (Å²) in [6.45, 7) is 4.76. The smallest absolute Gasteiger partial charge is 0.325 e. The highest BCUT2D eigenvalue weighted by Gasteiger charge is 2.34. The summed E-state index contributed by atoms with van der Waals surface area (Å²) in [5, 5.41) is 9.59. The quantitative estimate of drug-likeness (QED) is 0.895. The normalized spacial score (nSPS) is 22.8. The van der Waals surface area contributed by atoms with Crippen LogP contribution in [-0.2, 0) is 4.79 Å². The number of benzene rings is 1. The van der Waals surface area contributed by atoms with Gasteiger partial charge in [0.25, 0.3) is 0 Å². The van der Waals surface area contributed by atoms with Crippen molar-refractivity contribution >= 4 is 5.97 Å². The van der Waals surface area contributed by atoms with Crippen molar-refractivity contribution < 1.29 is 18.7 Å². The molecule has 138 valence electrons. The van der Waals surface area contributed by atoms with Crippen LogP contribution in [0.25, 0.3) is 0 Å². The molecule has 1 aromatic rings. The van der Waals surface area contributed by atoms with Crippen LogP contribution in [0.1, 0.15) is 24.4 Å². The van der Waals surface area contributed by atoms with E-state index in [-0.39, 0.29) is 5.56 Å². The van der Waals surface area contributed by atoms with Crippen molar-refractivity contribution in [3.8, 4) is 0 Å². The molecule has 2 aliphatic heterocycles. The Balaban J connectivity index is 1.67. The molecule has 1 aromatic carbocycles. The molecular formula is C18H25F2N3O2. The molecule has 0 aliphatic carbocycles. The maximum absolute atomic E-state index is 14.1. The number of rotatable bonds is 4. The number of piperidine rings is 1. The van der Waals surface area contributed by atoms with Gasteiger partial charge < -0.3 is 10.0 Å². The molecule has 5 nitrogen and oxygen atoms in total. The Hall–Kier alpha value is -1.57. The first-order valence-corrected chi connectivity index (χ1v) is 8.80. The predicted molar refractivity (Wildman–Crippen MR) is 90.4 cm³/mol. The first-order chi connectivity index (χ1) is 12.0. The summed E-state index contributed by atoms with van der Waals surface area (Å²) in [5.41, 5.74) is -0.0970. The molecule has 0 saturated carbocycles. The summed E-state index contributed by atoms with van der Waals surface area (Å²) >= 11 is 0. The highest BCUT2D eigenvalue weighted by atomic mass is 19.2. The fourth-order valence-electron chi connectivity index (χ4n) is 3.94. The molecule has 1 unspecified atom stereocenters. The Bertz CT molecular complexity index is 612. The molecule has 0 amide bonds. The van der Waals surface area contributed by atoms with Gasteiger partial charge in [-0.1, -0.05) is 12.1 Å². The number of carboxylic acid groups (broad SMARTS) is 1. The van der Waals surface area contributed by atoms with E-state index in [1.807, 2.05) is 0 Å². The van der Waals surface area contributed by atoms with Crippen molar-refractivity contribution in [3.05, 3.63) is 35.4 Å². The maximum atomic E-state index is 14.1. The predicted octanol–water partition coefficient (Wildman–Crippen LogP) is 1.80. The minimum atomic E-state index is -1.14. The molecule has 3 rings (SSSR count). The van der Waals surface area contributed by atoms with E-state index in [4.69, 9.17) is 0 Å². The van der Waals surface area contributed by atoms with E-state index in [9.17, 15) is 18.7 Å². The van der Waals surface area contributed by atoms with Gasteiger partial charge in [0.1, 0.15) is 6.04 Å².